The van der Waals surface area contributed by atoms with Gasteiger partial charge < -0.3 is 10.2 Å². The van der Waals surface area contributed by atoms with E-state index in [0.29, 0.717) is 30.3 Å². The molecule has 1 aromatic carbocycles. The van der Waals surface area contributed by atoms with Crippen molar-refractivity contribution in [3.8, 4) is 0 Å². The van der Waals surface area contributed by atoms with Crippen LogP contribution in [-0.4, -0.2) is 51.9 Å². The molecule has 8 heteroatoms. The first-order valence-electron chi connectivity index (χ1n) is 9.79. The molecule has 7 nitrogen and oxygen atoms in total. The molecule has 154 valence electrons. The largest absolute Gasteiger partial charge is 0.375 e. The van der Waals surface area contributed by atoms with E-state index >= 15 is 0 Å². The van der Waals surface area contributed by atoms with Crippen molar-refractivity contribution in [3.05, 3.63) is 47.3 Å². The van der Waals surface area contributed by atoms with Gasteiger partial charge in [-0.15, -0.1) is 5.10 Å². The molecule has 0 aliphatic carbocycles. The first kappa shape index (κ1) is 21.1. The van der Waals surface area contributed by atoms with Crippen LogP contribution in [-0.2, 0) is 11.2 Å². The predicted octanol–water partition coefficient (Wildman–Crippen LogP) is 3.04. The lowest BCUT2D eigenvalue weighted by Gasteiger charge is -2.19. The molecular formula is C21H28N6OS. The molecule has 0 fully saturated rings. The fourth-order valence-electron chi connectivity index (χ4n) is 3.32. The van der Waals surface area contributed by atoms with E-state index in [2.05, 4.69) is 44.5 Å². The van der Waals surface area contributed by atoms with Crippen molar-refractivity contribution >= 4 is 29.1 Å². The van der Waals surface area contributed by atoms with Crippen molar-refractivity contribution < 1.29 is 4.79 Å². The molecule has 0 unspecified atom stereocenters. The fraction of sp³-hybridized carbons (Fsp3) is 0.429. The van der Waals surface area contributed by atoms with Gasteiger partial charge >= 0.3 is 0 Å². The Morgan fingerprint density at radius 2 is 1.97 bits per heavy atom. The highest BCUT2D eigenvalue weighted by Crippen LogP contribution is 2.18. The summed E-state index contributed by atoms with van der Waals surface area (Å²) in [7, 11) is 2.07. The highest BCUT2D eigenvalue weighted by molar-refractivity contribution is 7.98. The normalized spacial score (nSPS) is 11.0. The maximum atomic E-state index is 12.3. The molecule has 3 rings (SSSR count). The molecule has 0 bridgehead atoms. The molecule has 0 saturated carbocycles. The molecule has 2 heterocycles. The summed E-state index contributed by atoms with van der Waals surface area (Å²) in [5.41, 5.74) is 4.16. The van der Waals surface area contributed by atoms with E-state index in [-0.39, 0.29) is 5.91 Å². The van der Waals surface area contributed by atoms with Crippen molar-refractivity contribution in [2.45, 2.75) is 38.3 Å². The second kappa shape index (κ2) is 9.73. The van der Waals surface area contributed by atoms with Crippen molar-refractivity contribution in [1.29, 1.82) is 0 Å². The van der Waals surface area contributed by atoms with Gasteiger partial charge in [-0.05, 0) is 50.6 Å². The lowest BCUT2D eigenvalue weighted by atomic mass is 10.1. The minimum atomic E-state index is 0.0645. The topological polar surface area (TPSA) is 75.4 Å². The summed E-state index contributed by atoms with van der Waals surface area (Å²) in [5, 5.41) is 8.19. The summed E-state index contributed by atoms with van der Waals surface area (Å²) in [5.74, 6) is 0.676. The first-order valence-corrected chi connectivity index (χ1v) is 11.0. The summed E-state index contributed by atoms with van der Waals surface area (Å²) >= 11 is 1.49. The van der Waals surface area contributed by atoms with Gasteiger partial charge in [0, 0.05) is 43.6 Å². The average Bonchev–Trinajstić information content (AvgIpc) is 3.15. The molecule has 0 aliphatic rings. The highest BCUT2D eigenvalue weighted by Gasteiger charge is 2.14. The molecule has 0 saturated heterocycles. The van der Waals surface area contributed by atoms with Gasteiger partial charge in [0.05, 0.1) is 0 Å². The minimum absolute atomic E-state index is 0.0645. The Kier molecular flexibility index (Phi) is 7.09. The molecular weight excluding hydrogens is 384 g/mol. The number of aromatic nitrogens is 4. The Labute approximate surface area is 175 Å². The van der Waals surface area contributed by atoms with Gasteiger partial charge in [-0.2, -0.15) is 4.98 Å². The summed E-state index contributed by atoms with van der Waals surface area (Å²) in [4.78, 5) is 23.4. The number of fused-ring (bicyclic) bond motifs is 1. The number of hydrogen-bond acceptors (Lipinski definition) is 6. The Morgan fingerprint density at radius 3 is 2.69 bits per heavy atom. The van der Waals surface area contributed by atoms with E-state index in [1.165, 1.54) is 17.4 Å². The summed E-state index contributed by atoms with van der Waals surface area (Å²) in [6.07, 6.45) is 3.93. The Morgan fingerprint density at radius 1 is 1.21 bits per heavy atom. The molecule has 2 aromatic heterocycles. The van der Waals surface area contributed by atoms with E-state index in [9.17, 15) is 4.79 Å². The van der Waals surface area contributed by atoms with E-state index < -0.39 is 0 Å². The van der Waals surface area contributed by atoms with Crippen molar-refractivity contribution in [3.63, 3.8) is 0 Å². The fourth-order valence-corrected chi connectivity index (χ4v) is 3.66. The predicted molar refractivity (Wildman–Crippen MR) is 118 cm³/mol. The lowest BCUT2D eigenvalue weighted by molar-refractivity contribution is -0.121. The average molecular weight is 413 g/mol. The van der Waals surface area contributed by atoms with Gasteiger partial charge in [0.1, 0.15) is 0 Å². The Balaban J connectivity index is 1.48. The molecule has 0 aliphatic heterocycles. The third kappa shape index (κ3) is 5.26. The van der Waals surface area contributed by atoms with Crippen LogP contribution in [0.1, 0.15) is 29.8 Å². The van der Waals surface area contributed by atoms with Gasteiger partial charge in [0.15, 0.2) is 0 Å². The number of carbonyl (C=O) groups is 1. The standard InChI is InChI=1S/C21H28N6OS/c1-15-18(16(2)27-20(23-15)24-21(25-27)29-4)11-12-19(28)22-13-8-14-26(3)17-9-6-5-7-10-17/h5-7,9-10H,8,11-14H2,1-4H3,(H,22,28). The SMILES string of the molecule is CSc1nc2nc(C)c(CCC(=O)NCCCN(C)c3ccccc3)c(C)n2n1. The number of para-hydroxylation sites is 1. The van der Waals surface area contributed by atoms with Crippen LogP contribution in [0.25, 0.3) is 5.78 Å². The molecule has 3 aromatic rings. The van der Waals surface area contributed by atoms with E-state index in [1.54, 1.807) is 4.52 Å². The zero-order valence-electron chi connectivity index (χ0n) is 17.5. The third-order valence-corrected chi connectivity index (χ3v) is 5.54. The maximum Gasteiger partial charge on any atom is 0.253 e. The minimum Gasteiger partial charge on any atom is -0.375 e. The first-order chi connectivity index (χ1) is 14.0. The number of carbonyl (C=O) groups excluding carboxylic acids is 1. The van der Waals surface area contributed by atoms with Crippen LogP contribution in [0.15, 0.2) is 35.5 Å². The van der Waals surface area contributed by atoms with Gasteiger partial charge in [-0.25, -0.2) is 9.50 Å². The molecule has 1 amide bonds. The number of hydrogen-bond donors (Lipinski definition) is 1. The van der Waals surface area contributed by atoms with Crippen LogP contribution in [0, 0.1) is 13.8 Å². The molecule has 1 N–H and O–H groups in total. The van der Waals surface area contributed by atoms with E-state index in [1.807, 2.05) is 38.3 Å². The van der Waals surface area contributed by atoms with Gasteiger partial charge in [-0.1, -0.05) is 30.0 Å². The number of aryl methyl sites for hydroxylation is 2. The number of nitrogens with zero attached hydrogens (tertiary/aromatic N) is 5. The Bertz CT molecular complexity index is 972. The smallest absolute Gasteiger partial charge is 0.253 e. The van der Waals surface area contributed by atoms with Gasteiger partial charge in [0.25, 0.3) is 5.78 Å². The second-order valence-corrected chi connectivity index (χ2v) is 7.81. The van der Waals surface area contributed by atoms with Crippen molar-refractivity contribution in [1.82, 2.24) is 24.9 Å². The number of thioether (sulfide) groups is 1. The second-order valence-electron chi connectivity index (χ2n) is 7.03. The number of rotatable bonds is 9. The quantitative estimate of drug-likeness (QED) is 0.430. The van der Waals surface area contributed by atoms with Crippen LogP contribution in [0.2, 0.25) is 0 Å². The zero-order chi connectivity index (χ0) is 20.8. The summed E-state index contributed by atoms with van der Waals surface area (Å²) in [6.45, 7) is 5.54. The molecule has 29 heavy (non-hydrogen) atoms. The zero-order valence-corrected chi connectivity index (χ0v) is 18.3. The molecule has 0 atom stereocenters. The van der Waals surface area contributed by atoms with Crippen LogP contribution in [0.5, 0.6) is 0 Å². The maximum absolute atomic E-state index is 12.3. The Hall–Kier alpha value is -2.61. The van der Waals surface area contributed by atoms with Crippen molar-refractivity contribution in [2.75, 3.05) is 31.3 Å². The molecule has 0 radical (unpaired) electrons. The van der Waals surface area contributed by atoms with Crippen LogP contribution < -0.4 is 10.2 Å². The summed E-state index contributed by atoms with van der Waals surface area (Å²) < 4.78 is 1.77. The van der Waals surface area contributed by atoms with E-state index in [0.717, 1.165) is 29.9 Å². The van der Waals surface area contributed by atoms with Crippen molar-refractivity contribution in [2.24, 2.45) is 0 Å². The highest BCUT2D eigenvalue weighted by atomic mass is 32.2. The lowest BCUT2D eigenvalue weighted by Crippen LogP contribution is -2.28. The number of amides is 1. The molecule has 0 spiro atoms. The van der Waals surface area contributed by atoms with E-state index in [4.69, 9.17) is 0 Å². The van der Waals surface area contributed by atoms with Crippen LogP contribution in [0.4, 0.5) is 5.69 Å². The summed E-state index contributed by atoms with van der Waals surface area (Å²) in [6, 6.07) is 10.3. The van der Waals surface area contributed by atoms with Crippen LogP contribution >= 0.6 is 11.8 Å². The number of anilines is 1. The monoisotopic (exact) mass is 412 g/mol. The van der Waals surface area contributed by atoms with Gasteiger partial charge in [0.2, 0.25) is 11.1 Å². The van der Waals surface area contributed by atoms with Crippen LogP contribution in [0.3, 0.4) is 0 Å². The number of nitrogens with one attached hydrogen (secondary N) is 1. The third-order valence-electron chi connectivity index (χ3n) is 5.00. The number of benzene rings is 1. The van der Waals surface area contributed by atoms with Gasteiger partial charge in [-0.3, -0.25) is 4.79 Å².